The highest BCUT2D eigenvalue weighted by molar-refractivity contribution is 4.93. The lowest BCUT2D eigenvalue weighted by atomic mass is 9.66. The minimum Gasteiger partial charge on any atom is -0.0654 e. The van der Waals surface area contributed by atoms with E-state index in [1.807, 2.05) is 0 Å². The Hall–Kier alpha value is 0. The standard InChI is InChI=1S/C14H28/c1-7-8-11-9-12(11)10-14(5,6)13(2,3)4/h11-12H,7-10H2,1-6H3. The quantitative estimate of drug-likeness (QED) is 0.601. The van der Waals surface area contributed by atoms with Crippen molar-refractivity contribution in [2.45, 2.75) is 67.2 Å². The highest BCUT2D eigenvalue weighted by Crippen LogP contribution is 2.53. The maximum absolute atomic E-state index is 2.44. The van der Waals surface area contributed by atoms with Crippen LogP contribution in [0.1, 0.15) is 67.2 Å². The second-order valence-electron chi connectivity index (χ2n) is 6.88. The smallest absolute Gasteiger partial charge is 0.0303 e. The van der Waals surface area contributed by atoms with Crippen molar-refractivity contribution >= 4 is 0 Å². The molecule has 1 rings (SSSR count). The maximum Gasteiger partial charge on any atom is -0.0303 e. The third-order valence-corrected chi connectivity index (χ3v) is 4.53. The zero-order valence-electron chi connectivity index (χ0n) is 11.0. The second-order valence-corrected chi connectivity index (χ2v) is 6.88. The molecule has 0 heteroatoms. The van der Waals surface area contributed by atoms with Crippen LogP contribution in [-0.4, -0.2) is 0 Å². The summed E-state index contributed by atoms with van der Waals surface area (Å²) in [4.78, 5) is 0. The van der Waals surface area contributed by atoms with Crippen LogP contribution in [0.2, 0.25) is 0 Å². The third-order valence-electron chi connectivity index (χ3n) is 4.53. The lowest BCUT2D eigenvalue weighted by Gasteiger charge is -2.39. The monoisotopic (exact) mass is 196 g/mol. The van der Waals surface area contributed by atoms with Gasteiger partial charge in [0.1, 0.15) is 0 Å². The van der Waals surface area contributed by atoms with Crippen LogP contribution in [0, 0.1) is 22.7 Å². The van der Waals surface area contributed by atoms with Crippen molar-refractivity contribution in [1.82, 2.24) is 0 Å². The molecule has 0 N–H and O–H groups in total. The van der Waals surface area contributed by atoms with E-state index in [4.69, 9.17) is 0 Å². The SMILES string of the molecule is CCCC1CC1CC(C)(C)C(C)(C)C. The number of hydrogen-bond acceptors (Lipinski definition) is 0. The van der Waals surface area contributed by atoms with E-state index in [9.17, 15) is 0 Å². The summed E-state index contributed by atoms with van der Waals surface area (Å²) in [6.45, 7) is 14.3. The molecule has 0 saturated heterocycles. The topological polar surface area (TPSA) is 0 Å². The molecular formula is C14H28. The minimum atomic E-state index is 0.451. The Balaban J connectivity index is 2.39. The molecule has 0 aromatic carbocycles. The summed E-state index contributed by atoms with van der Waals surface area (Å²) in [5.74, 6) is 2.12. The maximum atomic E-state index is 2.44. The molecule has 0 nitrogen and oxygen atoms in total. The van der Waals surface area contributed by atoms with Gasteiger partial charge in [-0.15, -0.1) is 0 Å². The Morgan fingerprint density at radius 3 is 2.00 bits per heavy atom. The molecule has 0 aromatic heterocycles. The van der Waals surface area contributed by atoms with Crippen molar-refractivity contribution in [2.75, 3.05) is 0 Å². The molecule has 1 aliphatic carbocycles. The zero-order chi connectivity index (χ0) is 11.0. The van der Waals surface area contributed by atoms with Crippen LogP contribution in [0.25, 0.3) is 0 Å². The zero-order valence-corrected chi connectivity index (χ0v) is 11.0. The molecule has 0 radical (unpaired) electrons. The fourth-order valence-corrected chi connectivity index (χ4v) is 2.25. The molecule has 1 aliphatic rings. The summed E-state index contributed by atoms with van der Waals surface area (Å²) >= 11 is 0. The molecule has 1 saturated carbocycles. The lowest BCUT2D eigenvalue weighted by molar-refractivity contribution is 0.109. The minimum absolute atomic E-state index is 0.451. The summed E-state index contributed by atoms with van der Waals surface area (Å²) in [6.07, 6.45) is 5.77. The molecule has 2 atom stereocenters. The Morgan fingerprint density at radius 1 is 1.00 bits per heavy atom. The number of rotatable bonds is 4. The van der Waals surface area contributed by atoms with Crippen LogP contribution >= 0.6 is 0 Å². The first-order valence-electron chi connectivity index (χ1n) is 6.28. The molecular weight excluding hydrogens is 168 g/mol. The molecule has 14 heavy (non-hydrogen) atoms. The van der Waals surface area contributed by atoms with Gasteiger partial charge in [0.15, 0.2) is 0 Å². The summed E-state index contributed by atoms with van der Waals surface area (Å²) in [7, 11) is 0. The summed E-state index contributed by atoms with van der Waals surface area (Å²) in [6, 6.07) is 0. The van der Waals surface area contributed by atoms with Crippen LogP contribution in [0.4, 0.5) is 0 Å². The fraction of sp³-hybridized carbons (Fsp3) is 1.00. The molecule has 1 fully saturated rings. The first kappa shape index (κ1) is 12.1. The first-order valence-corrected chi connectivity index (χ1v) is 6.28. The molecule has 0 heterocycles. The predicted molar refractivity (Wildman–Crippen MR) is 64.4 cm³/mol. The van der Waals surface area contributed by atoms with E-state index in [1.54, 1.807) is 0 Å². The van der Waals surface area contributed by atoms with Crippen molar-refractivity contribution in [2.24, 2.45) is 22.7 Å². The fourth-order valence-electron chi connectivity index (χ4n) is 2.25. The van der Waals surface area contributed by atoms with E-state index in [0.29, 0.717) is 10.8 Å². The van der Waals surface area contributed by atoms with Gasteiger partial charge in [0, 0.05) is 0 Å². The highest BCUT2D eigenvalue weighted by atomic mass is 14.5. The largest absolute Gasteiger partial charge is 0.0654 e. The van der Waals surface area contributed by atoms with Crippen LogP contribution in [-0.2, 0) is 0 Å². The molecule has 0 aliphatic heterocycles. The average Bonchev–Trinajstić information content (AvgIpc) is 2.65. The predicted octanol–water partition coefficient (Wildman–Crippen LogP) is 4.89. The van der Waals surface area contributed by atoms with E-state index in [-0.39, 0.29) is 0 Å². The van der Waals surface area contributed by atoms with Gasteiger partial charge in [0.05, 0.1) is 0 Å². The van der Waals surface area contributed by atoms with E-state index in [1.165, 1.54) is 25.7 Å². The average molecular weight is 196 g/mol. The molecule has 2 unspecified atom stereocenters. The van der Waals surface area contributed by atoms with Crippen molar-refractivity contribution in [1.29, 1.82) is 0 Å². The van der Waals surface area contributed by atoms with Gasteiger partial charge in [-0.3, -0.25) is 0 Å². The van der Waals surface area contributed by atoms with E-state index in [2.05, 4.69) is 41.5 Å². The molecule has 0 aromatic rings. The van der Waals surface area contributed by atoms with Gasteiger partial charge >= 0.3 is 0 Å². The Morgan fingerprint density at radius 2 is 1.57 bits per heavy atom. The normalized spacial score (nSPS) is 27.9. The van der Waals surface area contributed by atoms with Crippen LogP contribution < -0.4 is 0 Å². The van der Waals surface area contributed by atoms with Crippen LogP contribution in [0.3, 0.4) is 0 Å². The van der Waals surface area contributed by atoms with E-state index < -0.39 is 0 Å². The molecule has 0 amide bonds. The van der Waals surface area contributed by atoms with Crippen molar-refractivity contribution in [3.63, 3.8) is 0 Å². The van der Waals surface area contributed by atoms with Crippen molar-refractivity contribution in [3.05, 3.63) is 0 Å². The summed E-state index contributed by atoms with van der Waals surface area (Å²) in [5, 5.41) is 0. The molecule has 84 valence electrons. The summed E-state index contributed by atoms with van der Waals surface area (Å²) < 4.78 is 0. The van der Waals surface area contributed by atoms with Gasteiger partial charge in [0.2, 0.25) is 0 Å². The second kappa shape index (κ2) is 3.87. The van der Waals surface area contributed by atoms with Crippen molar-refractivity contribution in [3.8, 4) is 0 Å². The lowest BCUT2D eigenvalue weighted by Crippen LogP contribution is -2.30. The van der Waals surface area contributed by atoms with Gasteiger partial charge in [-0.05, 0) is 35.5 Å². The third kappa shape index (κ3) is 2.74. The van der Waals surface area contributed by atoms with Crippen LogP contribution in [0.5, 0.6) is 0 Å². The van der Waals surface area contributed by atoms with Gasteiger partial charge < -0.3 is 0 Å². The Labute approximate surface area is 90.5 Å². The number of hydrogen-bond donors (Lipinski definition) is 0. The van der Waals surface area contributed by atoms with Gasteiger partial charge in [-0.1, -0.05) is 54.4 Å². The van der Waals surface area contributed by atoms with Gasteiger partial charge in [-0.2, -0.15) is 0 Å². The Bertz CT molecular complexity index is 183. The Kier molecular flexibility index (Phi) is 3.33. The molecule has 0 bridgehead atoms. The van der Waals surface area contributed by atoms with E-state index >= 15 is 0 Å². The van der Waals surface area contributed by atoms with Gasteiger partial charge in [-0.25, -0.2) is 0 Å². The van der Waals surface area contributed by atoms with Crippen LogP contribution in [0.15, 0.2) is 0 Å². The summed E-state index contributed by atoms with van der Waals surface area (Å²) in [5.41, 5.74) is 0.951. The highest BCUT2D eigenvalue weighted by Gasteiger charge is 2.43. The van der Waals surface area contributed by atoms with Gasteiger partial charge in [0.25, 0.3) is 0 Å². The first-order chi connectivity index (χ1) is 6.28. The van der Waals surface area contributed by atoms with E-state index in [0.717, 1.165) is 11.8 Å². The van der Waals surface area contributed by atoms with Crippen molar-refractivity contribution < 1.29 is 0 Å². The molecule has 0 spiro atoms.